The van der Waals surface area contributed by atoms with E-state index in [0.29, 0.717) is 13.0 Å². The van der Waals surface area contributed by atoms with Gasteiger partial charge in [0, 0.05) is 19.5 Å². The van der Waals surface area contributed by atoms with Crippen LogP contribution in [0, 0.1) is 5.82 Å². The summed E-state index contributed by atoms with van der Waals surface area (Å²) in [7, 11) is 0. The molecule has 20 heavy (non-hydrogen) atoms. The number of halogens is 3. The van der Waals surface area contributed by atoms with Gasteiger partial charge in [0.1, 0.15) is 5.82 Å². The van der Waals surface area contributed by atoms with E-state index in [0.717, 1.165) is 11.1 Å². The summed E-state index contributed by atoms with van der Waals surface area (Å²) in [4.78, 5) is 13.7. The number of hydrogen-bond donors (Lipinski definition) is 1. The highest BCUT2D eigenvalue weighted by Gasteiger charge is 2.43. The van der Waals surface area contributed by atoms with Gasteiger partial charge in [-0.05, 0) is 29.7 Å². The maximum Gasteiger partial charge on any atom is 0.262 e. The molecule has 1 N–H and O–H groups in total. The lowest BCUT2D eigenvalue weighted by molar-refractivity contribution is -0.134. The lowest BCUT2D eigenvalue weighted by Crippen LogP contribution is -2.45. The van der Waals surface area contributed by atoms with Crippen molar-refractivity contribution in [2.24, 2.45) is 0 Å². The Morgan fingerprint density at radius 1 is 1.35 bits per heavy atom. The van der Waals surface area contributed by atoms with E-state index in [9.17, 15) is 18.0 Å². The molecule has 1 aromatic carbocycles. The average molecular weight is 284 g/mol. The second kappa shape index (κ2) is 4.77. The summed E-state index contributed by atoms with van der Waals surface area (Å²) in [5, 5.41) is 2.56. The molecular weight excluding hydrogens is 269 g/mol. The van der Waals surface area contributed by atoms with Gasteiger partial charge in [-0.15, -0.1) is 0 Å². The minimum absolute atomic E-state index is 0.287. The first-order valence-electron chi connectivity index (χ1n) is 6.62. The molecule has 1 aromatic rings. The van der Waals surface area contributed by atoms with Crippen LogP contribution < -0.4 is 5.32 Å². The summed E-state index contributed by atoms with van der Waals surface area (Å²) in [6.07, 6.45) is 0.169. The number of nitrogens with zero attached hydrogens (tertiary/aromatic N) is 1. The molecule has 2 aliphatic rings. The zero-order chi connectivity index (χ0) is 14.3. The molecule has 1 atom stereocenters. The van der Waals surface area contributed by atoms with Crippen LogP contribution in [-0.4, -0.2) is 35.9 Å². The summed E-state index contributed by atoms with van der Waals surface area (Å²) < 4.78 is 39.5. The summed E-state index contributed by atoms with van der Waals surface area (Å²) in [6, 6.07) is 3.69. The number of amides is 1. The molecule has 0 aliphatic carbocycles. The van der Waals surface area contributed by atoms with Crippen LogP contribution in [0.4, 0.5) is 13.2 Å². The second-order valence-corrected chi connectivity index (χ2v) is 5.42. The first kappa shape index (κ1) is 13.4. The van der Waals surface area contributed by atoms with Gasteiger partial charge >= 0.3 is 0 Å². The molecule has 0 bridgehead atoms. The Labute approximate surface area is 114 Å². The Kier molecular flexibility index (Phi) is 3.20. The number of carbonyl (C=O) groups is 1. The van der Waals surface area contributed by atoms with Gasteiger partial charge in [-0.2, -0.15) is 0 Å². The SMILES string of the molecule is O=C(C1CC(F)(F)CN1)N1CCc2ccc(F)cc2C1. The molecule has 1 unspecified atom stereocenters. The van der Waals surface area contributed by atoms with Crippen molar-refractivity contribution in [3.63, 3.8) is 0 Å². The molecular formula is C14H15F3N2O. The van der Waals surface area contributed by atoms with E-state index >= 15 is 0 Å². The van der Waals surface area contributed by atoms with Crippen molar-refractivity contribution in [2.45, 2.75) is 31.4 Å². The van der Waals surface area contributed by atoms with E-state index in [4.69, 9.17) is 0 Å². The Hall–Kier alpha value is -1.56. The zero-order valence-electron chi connectivity index (χ0n) is 10.8. The topological polar surface area (TPSA) is 32.3 Å². The number of rotatable bonds is 1. The monoisotopic (exact) mass is 284 g/mol. The third kappa shape index (κ3) is 2.52. The maximum atomic E-state index is 13.2. The fourth-order valence-corrected chi connectivity index (χ4v) is 2.82. The summed E-state index contributed by atoms with van der Waals surface area (Å²) in [5.74, 6) is -3.49. The highest BCUT2D eigenvalue weighted by Crippen LogP contribution is 2.27. The lowest BCUT2D eigenvalue weighted by atomic mass is 9.99. The van der Waals surface area contributed by atoms with Crippen LogP contribution in [0.3, 0.4) is 0 Å². The summed E-state index contributed by atoms with van der Waals surface area (Å²) >= 11 is 0. The molecule has 1 amide bonds. The van der Waals surface area contributed by atoms with Crippen molar-refractivity contribution in [3.8, 4) is 0 Å². The maximum absolute atomic E-state index is 13.2. The molecule has 2 heterocycles. The van der Waals surface area contributed by atoms with E-state index < -0.39 is 24.9 Å². The van der Waals surface area contributed by atoms with E-state index in [1.54, 1.807) is 6.07 Å². The summed E-state index contributed by atoms with van der Waals surface area (Å²) in [5.41, 5.74) is 1.77. The third-order valence-corrected chi connectivity index (χ3v) is 3.90. The first-order valence-corrected chi connectivity index (χ1v) is 6.62. The number of hydrogen-bond acceptors (Lipinski definition) is 2. The minimum atomic E-state index is -2.82. The normalized spacial score (nSPS) is 24.6. The molecule has 108 valence electrons. The molecule has 6 heteroatoms. The first-order chi connectivity index (χ1) is 9.44. The van der Waals surface area contributed by atoms with Gasteiger partial charge < -0.3 is 4.90 Å². The largest absolute Gasteiger partial charge is 0.337 e. The van der Waals surface area contributed by atoms with Crippen molar-refractivity contribution in [2.75, 3.05) is 13.1 Å². The van der Waals surface area contributed by atoms with Crippen LogP contribution in [0.25, 0.3) is 0 Å². The van der Waals surface area contributed by atoms with Crippen LogP contribution in [0.2, 0.25) is 0 Å². The molecule has 1 saturated heterocycles. The predicted molar refractivity (Wildman–Crippen MR) is 66.9 cm³/mol. The van der Waals surface area contributed by atoms with E-state index in [1.165, 1.54) is 17.0 Å². The highest BCUT2D eigenvalue weighted by atomic mass is 19.3. The number of alkyl halides is 2. The number of fused-ring (bicyclic) bond motifs is 1. The molecule has 0 spiro atoms. The fourth-order valence-electron chi connectivity index (χ4n) is 2.82. The van der Waals surface area contributed by atoms with Gasteiger partial charge in [-0.1, -0.05) is 6.07 Å². The lowest BCUT2D eigenvalue weighted by Gasteiger charge is -2.30. The van der Waals surface area contributed by atoms with Crippen molar-refractivity contribution < 1.29 is 18.0 Å². The Balaban J connectivity index is 1.72. The van der Waals surface area contributed by atoms with Gasteiger partial charge in [0.05, 0.1) is 12.6 Å². The van der Waals surface area contributed by atoms with Crippen molar-refractivity contribution in [3.05, 3.63) is 35.1 Å². The quantitative estimate of drug-likeness (QED) is 0.851. The van der Waals surface area contributed by atoms with Crippen LogP contribution in [0.1, 0.15) is 17.5 Å². The predicted octanol–water partition coefficient (Wildman–Crippen LogP) is 1.71. The van der Waals surface area contributed by atoms with Crippen LogP contribution in [0.15, 0.2) is 18.2 Å². The Morgan fingerprint density at radius 2 is 2.15 bits per heavy atom. The summed E-state index contributed by atoms with van der Waals surface area (Å²) in [6.45, 7) is 0.319. The van der Waals surface area contributed by atoms with Crippen LogP contribution >= 0.6 is 0 Å². The van der Waals surface area contributed by atoms with Gasteiger partial charge in [0.2, 0.25) is 5.91 Å². The van der Waals surface area contributed by atoms with Crippen LogP contribution in [-0.2, 0) is 17.8 Å². The van der Waals surface area contributed by atoms with Crippen molar-refractivity contribution in [1.82, 2.24) is 10.2 Å². The molecule has 3 rings (SSSR count). The van der Waals surface area contributed by atoms with E-state index in [-0.39, 0.29) is 18.3 Å². The smallest absolute Gasteiger partial charge is 0.262 e. The second-order valence-electron chi connectivity index (χ2n) is 5.42. The van der Waals surface area contributed by atoms with Gasteiger partial charge in [0.15, 0.2) is 0 Å². The highest BCUT2D eigenvalue weighted by molar-refractivity contribution is 5.82. The number of nitrogens with one attached hydrogen (secondary N) is 1. The average Bonchev–Trinajstić information content (AvgIpc) is 2.77. The molecule has 0 saturated carbocycles. The number of carbonyl (C=O) groups excluding carboxylic acids is 1. The molecule has 3 nitrogen and oxygen atoms in total. The van der Waals surface area contributed by atoms with Gasteiger partial charge in [-0.25, -0.2) is 13.2 Å². The Morgan fingerprint density at radius 3 is 2.85 bits per heavy atom. The molecule has 0 aromatic heterocycles. The van der Waals surface area contributed by atoms with Crippen LogP contribution in [0.5, 0.6) is 0 Å². The standard InChI is InChI=1S/C14H15F3N2O/c15-11-2-1-9-3-4-19(7-10(9)5-11)13(20)12-6-14(16,17)8-18-12/h1-2,5,12,18H,3-4,6-8H2. The minimum Gasteiger partial charge on any atom is -0.337 e. The van der Waals surface area contributed by atoms with Gasteiger partial charge in [0.25, 0.3) is 5.92 Å². The van der Waals surface area contributed by atoms with Gasteiger partial charge in [-0.3, -0.25) is 10.1 Å². The Bertz CT molecular complexity index is 547. The number of benzene rings is 1. The molecule has 0 radical (unpaired) electrons. The fraction of sp³-hybridized carbons (Fsp3) is 0.500. The zero-order valence-corrected chi connectivity index (χ0v) is 10.8. The van der Waals surface area contributed by atoms with E-state index in [1.807, 2.05) is 0 Å². The van der Waals surface area contributed by atoms with E-state index in [2.05, 4.69) is 5.32 Å². The molecule has 1 fully saturated rings. The van der Waals surface area contributed by atoms with Crippen molar-refractivity contribution in [1.29, 1.82) is 0 Å². The third-order valence-electron chi connectivity index (χ3n) is 3.90. The van der Waals surface area contributed by atoms with Crippen molar-refractivity contribution >= 4 is 5.91 Å². The molecule has 2 aliphatic heterocycles.